The fourth-order valence-electron chi connectivity index (χ4n) is 2.02. The van der Waals surface area contributed by atoms with Gasteiger partial charge < -0.3 is 20.2 Å². The van der Waals surface area contributed by atoms with Gasteiger partial charge in [0.1, 0.15) is 12.0 Å². The Bertz CT molecular complexity index is 897. The quantitative estimate of drug-likeness (QED) is 0.292. The Morgan fingerprint density at radius 1 is 1.26 bits per heavy atom. The number of alkyl halides is 3. The van der Waals surface area contributed by atoms with E-state index < -0.39 is 12.1 Å². The minimum Gasteiger partial charge on any atom is -0.443 e. The molecule has 0 aliphatic heterocycles. The first-order valence-corrected chi connectivity index (χ1v) is 8.19. The summed E-state index contributed by atoms with van der Waals surface area (Å²) in [5.41, 5.74) is 6.32. The van der Waals surface area contributed by atoms with Gasteiger partial charge in [-0.05, 0) is 23.6 Å². The molecule has 6 nitrogen and oxygen atoms in total. The van der Waals surface area contributed by atoms with E-state index in [-0.39, 0.29) is 42.2 Å². The predicted octanol–water partition coefficient (Wildman–Crippen LogP) is 4.85. The van der Waals surface area contributed by atoms with Crippen molar-refractivity contribution < 1.29 is 22.3 Å². The molecule has 0 spiro atoms. The Kier molecular flexibility index (Phi) is 7.07. The van der Waals surface area contributed by atoms with Crippen LogP contribution in [-0.2, 0) is 6.54 Å². The smallest absolute Gasteiger partial charge is 0.443 e. The van der Waals surface area contributed by atoms with Crippen LogP contribution in [-0.4, -0.2) is 17.3 Å². The van der Waals surface area contributed by atoms with Gasteiger partial charge in [0.05, 0.1) is 17.1 Å². The summed E-state index contributed by atoms with van der Waals surface area (Å²) < 4.78 is 46.6. The number of benzene rings is 1. The third-order valence-corrected chi connectivity index (χ3v) is 3.93. The molecule has 0 aliphatic rings. The van der Waals surface area contributed by atoms with E-state index >= 15 is 0 Å². The van der Waals surface area contributed by atoms with E-state index in [1.165, 1.54) is 35.8 Å². The second-order valence-electron chi connectivity index (χ2n) is 4.99. The molecule has 0 radical (unpaired) electrons. The molecule has 3 rings (SSSR count). The van der Waals surface area contributed by atoms with Gasteiger partial charge in [0.25, 0.3) is 0 Å². The van der Waals surface area contributed by atoms with E-state index in [1.807, 2.05) is 17.5 Å². The lowest BCUT2D eigenvalue weighted by molar-refractivity contribution is -0.274. The Morgan fingerprint density at radius 3 is 2.74 bits per heavy atom. The molecule has 11 heteroatoms. The van der Waals surface area contributed by atoms with Crippen LogP contribution in [0.4, 0.5) is 18.9 Å². The van der Waals surface area contributed by atoms with E-state index in [1.54, 1.807) is 6.07 Å². The first kappa shape index (κ1) is 21.0. The van der Waals surface area contributed by atoms with Crippen molar-refractivity contribution in [3.05, 3.63) is 53.7 Å². The lowest BCUT2D eigenvalue weighted by atomic mass is 10.3. The number of aromatic nitrogens is 1. The first-order chi connectivity index (χ1) is 12.4. The summed E-state index contributed by atoms with van der Waals surface area (Å²) in [6.07, 6.45) is -3.35. The third kappa shape index (κ3) is 6.13. The average molecular weight is 510 g/mol. The summed E-state index contributed by atoms with van der Waals surface area (Å²) in [6, 6.07) is 9.29. The molecule has 0 aliphatic carbocycles. The van der Waals surface area contributed by atoms with Crippen LogP contribution in [0, 0.1) is 0 Å². The lowest BCUT2D eigenvalue weighted by Gasteiger charge is -2.13. The fraction of sp³-hybridized carbons (Fsp3) is 0.125. The zero-order valence-corrected chi connectivity index (χ0v) is 16.7. The van der Waals surface area contributed by atoms with Crippen LogP contribution < -0.4 is 15.8 Å². The summed E-state index contributed by atoms with van der Waals surface area (Å²) in [7, 11) is 0. The standard InChI is InChI=1S/C16H13F3N4O2S.HI/c17-16(18,19)25-12-5-2-1-4-11(12)23-15(20)21-8-10-9-24-14(22-10)13-6-3-7-26-13;/h1-7,9H,8H2,(H3,20,21,23);1H. The number of guanidine groups is 1. The number of hydrogen-bond acceptors (Lipinski definition) is 5. The Labute approximate surface area is 173 Å². The molecule has 0 amide bonds. The van der Waals surface area contributed by atoms with Crippen molar-refractivity contribution in [3.8, 4) is 16.5 Å². The number of anilines is 1. The maximum absolute atomic E-state index is 12.4. The van der Waals surface area contributed by atoms with Crippen LogP contribution in [0.15, 0.2) is 57.5 Å². The molecule has 3 aromatic rings. The zero-order valence-electron chi connectivity index (χ0n) is 13.6. The van der Waals surface area contributed by atoms with E-state index in [0.29, 0.717) is 11.6 Å². The minimum atomic E-state index is -4.80. The topological polar surface area (TPSA) is 85.7 Å². The molecular formula is C16H14F3IN4O2S. The third-order valence-electron chi connectivity index (χ3n) is 3.07. The minimum absolute atomic E-state index is 0. The zero-order chi connectivity index (χ0) is 18.6. The van der Waals surface area contributed by atoms with Crippen molar-refractivity contribution in [1.29, 1.82) is 0 Å². The maximum atomic E-state index is 12.4. The number of ether oxygens (including phenoxy) is 1. The summed E-state index contributed by atoms with van der Waals surface area (Å²) >= 11 is 1.49. The van der Waals surface area contributed by atoms with Crippen molar-refractivity contribution in [2.24, 2.45) is 10.7 Å². The summed E-state index contributed by atoms with van der Waals surface area (Å²) in [4.78, 5) is 9.21. The molecule has 0 fully saturated rings. The molecule has 2 heterocycles. The van der Waals surface area contributed by atoms with Crippen LogP contribution in [0.25, 0.3) is 10.8 Å². The average Bonchev–Trinajstić information content (AvgIpc) is 3.24. The van der Waals surface area contributed by atoms with Crippen molar-refractivity contribution in [1.82, 2.24) is 4.98 Å². The summed E-state index contributed by atoms with van der Waals surface area (Å²) in [5.74, 6) is -0.0101. The number of aliphatic imine (C=N–C) groups is 1. The highest BCUT2D eigenvalue weighted by Gasteiger charge is 2.32. The van der Waals surface area contributed by atoms with Crippen molar-refractivity contribution >= 4 is 47.0 Å². The Hall–Kier alpha value is -2.28. The van der Waals surface area contributed by atoms with Gasteiger partial charge >= 0.3 is 6.36 Å². The highest BCUT2D eigenvalue weighted by atomic mass is 127. The highest BCUT2D eigenvalue weighted by Crippen LogP contribution is 2.29. The number of hydrogen-bond donors (Lipinski definition) is 2. The number of thiophene rings is 1. The predicted molar refractivity (Wildman–Crippen MR) is 107 cm³/mol. The molecule has 1 aromatic carbocycles. The van der Waals surface area contributed by atoms with Crippen molar-refractivity contribution in [3.63, 3.8) is 0 Å². The highest BCUT2D eigenvalue weighted by molar-refractivity contribution is 14.0. The molecule has 27 heavy (non-hydrogen) atoms. The van der Waals surface area contributed by atoms with E-state index in [2.05, 4.69) is 20.0 Å². The molecule has 0 saturated heterocycles. The van der Waals surface area contributed by atoms with Crippen LogP contribution in [0.5, 0.6) is 5.75 Å². The number of para-hydroxylation sites is 2. The molecule has 3 N–H and O–H groups in total. The number of oxazole rings is 1. The number of halogens is 4. The second-order valence-corrected chi connectivity index (χ2v) is 5.94. The van der Waals surface area contributed by atoms with Gasteiger partial charge in [0.15, 0.2) is 11.7 Å². The van der Waals surface area contributed by atoms with Crippen LogP contribution in [0.3, 0.4) is 0 Å². The number of nitrogens with two attached hydrogens (primary N) is 1. The molecule has 0 atom stereocenters. The SMILES string of the molecule is I.NC(=NCc1coc(-c2cccs2)n1)Nc1ccccc1OC(F)(F)F. The van der Waals surface area contributed by atoms with Crippen LogP contribution >= 0.6 is 35.3 Å². The van der Waals surface area contributed by atoms with E-state index in [4.69, 9.17) is 10.2 Å². The van der Waals surface area contributed by atoms with E-state index in [0.717, 1.165) is 4.88 Å². The van der Waals surface area contributed by atoms with Crippen LogP contribution in [0.2, 0.25) is 0 Å². The molecule has 0 saturated carbocycles. The van der Waals surface area contributed by atoms with Crippen LogP contribution in [0.1, 0.15) is 5.69 Å². The van der Waals surface area contributed by atoms with Gasteiger partial charge in [-0.3, -0.25) is 0 Å². The Morgan fingerprint density at radius 2 is 2.04 bits per heavy atom. The fourth-order valence-corrected chi connectivity index (χ4v) is 2.68. The van der Waals surface area contributed by atoms with Gasteiger partial charge in [0.2, 0.25) is 5.89 Å². The number of rotatable bonds is 5. The Balaban J connectivity index is 0.00000261. The van der Waals surface area contributed by atoms with Gasteiger partial charge in [-0.1, -0.05) is 18.2 Å². The van der Waals surface area contributed by atoms with Gasteiger partial charge in [-0.2, -0.15) is 0 Å². The molecule has 0 bridgehead atoms. The second kappa shape index (κ2) is 9.08. The van der Waals surface area contributed by atoms with Gasteiger partial charge in [0, 0.05) is 0 Å². The number of nitrogens with zero attached hydrogens (tertiary/aromatic N) is 2. The molecule has 0 unspecified atom stereocenters. The normalized spacial score (nSPS) is 11.7. The number of nitrogens with one attached hydrogen (secondary N) is 1. The maximum Gasteiger partial charge on any atom is 0.573 e. The largest absolute Gasteiger partial charge is 0.573 e. The van der Waals surface area contributed by atoms with Crippen molar-refractivity contribution in [2.75, 3.05) is 5.32 Å². The monoisotopic (exact) mass is 510 g/mol. The van der Waals surface area contributed by atoms with Gasteiger partial charge in [-0.15, -0.1) is 48.5 Å². The lowest BCUT2D eigenvalue weighted by Crippen LogP contribution is -2.24. The molecular weight excluding hydrogens is 496 g/mol. The molecule has 2 aromatic heterocycles. The summed E-state index contributed by atoms with van der Waals surface area (Å²) in [6.45, 7) is 0.107. The van der Waals surface area contributed by atoms with E-state index in [9.17, 15) is 13.2 Å². The molecule has 144 valence electrons. The first-order valence-electron chi connectivity index (χ1n) is 7.31. The van der Waals surface area contributed by atoms with Gasteiger partial charge in [-0.25, -0.2) is 9.98 Å². The summed E-state index contributed by atoms with van der Waals surface area (Å²) in [5, 5.41) is 4.49. The van der Waals surface area contributed by atoms with Crippen molar-refractivity contribution in [2.45, 2.75) is 12.9 Å².